The quantitative estimate of drug-likeness (QED) is 0.484. The van der Waals surface area contributed by atoms with Gasteiger partial charge in [-0.3, -0.25) is 9.69 Å². The van der Waals surface area contributed by atoms with E-state index in [0.717, 1.165) is 38.0 Å². The summed E-state index contributed by atoms with van der Waals surface area (Å²) in [4.78, 5) is 14.6. The van der Waals surface area contributed by atoms with Crippen LogP contribution in [0.3, 0.4) is 0 Å². The predicted octanol–water partition coefficient (Wildman–Crippen LogP) is 2.85. The number of carbonyl (C=O) groups excluding carboxylic acids is 1. The van der Waals surface area contributed by atoms with E-state index in [2.05, 4.69) is 51.2 Å². The van der Waals surface area contributed by atoms with Crippen molar-refractivity contribution in [3.63, 3.8) is 0 Å². The first kappa shape index (κ1) is 21.3. The number of nitrogens with one attached hydrogen (secondary N) is 3. The summed E-state index contributed by atoms with van der Waals surface area (Å²) in [7, 11) is 0. The van der Waals surface area contributed by atoms with Crippen molar-refractivity contribution in [1.82, 2.24) is 20.9 Å². The maximum absolute atomic E-state index is 12.1. The summed E-state index contributed by atoms with van der Waals surface area (Å²) >= 11 is 5.41. The van der Waals surface area contributed by atoms with Crippen LogP contribution in [0, 0.1) is 6.92 Å². The molecule has 2 aromatic carbocycles. The van der Waals surface area contributed by atoms with Crippen molar-refractivity contribution in [2.45, 2.75) is 32.4 Å². The van der Waals surface area contributed by atoms with E-state index in [1.165, 1.54) is 5.56 Å². The first-order chi connectivity index (χ1) is 14.1. The molecule has 29 heavy (non-hydrogen) atoms. The molecule has 0 bridgehead atoms. The van der Waals surface area contributed by atoms with E-state index in [1.54, 1.807) is 0 Å². The standard InChI is InChI=1S/C23H30N4OS/c1-18-6-5-9-20(16-18)22(28)24-12-13-25-23(29)26-21-10-14-27(15-11-21)17-19-7-3-2-4-8-19/h2-9,16,21H,10-15,17H2,1H3,(H,24,28)(H2,25,26,29). The molecule has 0 radical (unpaired) electrons. The van der Waals surface area contributed by atoms with Crippen molar-refractivity contribution in [3.8, 4) is 0 Å². The van der Waals surface area contributed by atoms with Crippen LogP contribution < -0.4 is 16.0 Å². The van der Waals surface area contributed by atoms with Crippen LogP contribution in [-0.4, -0.2) is 48.1 Å². The second kappa shape index (κ2) is 10.9. The van der Waals surface area contributed by atoms with E-state index >= 15 is 0 Å². The summed E-state index contributed by atoms with van der Waals surface area (Å²) in [5, 5.41) is 10.2. The third-order valence-corrected chi connectivity index (χ3v) is 5.41. The van der Waals surface area contributed by atoms with Gasteiger partial charge in [-0.2, -0.15) is 0 Å². The number of piperidine rings is 1. The highest BCUT2D eigenvalue weighted by Gasteiger charge is 2.19. The molecule has 6 heteroatoms. The Morgan fingerprint density at radius 2 is 1.76 bits per heavy atom. The van der Waals surface area contributed by atoms with Crippen LogP contribution in [0.25, 0.3) is 0 Å². The Bertz CT molecular complexity index is 804. The van der Waals surface area contributed by atoms with Crippen molar-refractivity contribution >= 4 is 23.2 Å². The molecular weight excluding hydrogens is 380 g/mol. The molecule has 0 saturated carbocycles. The van der Waals surface area contributed by atoms with Crippen LogP contribution in [0.2, 0.25) is 0 Å². The van der Waals surface area contributed by atoms with Gasteiger partial charge < -0.3 is 16.0 Å². The molecule has 0 aliphatic carbocycles. The number of likely N-dealkylation sites (tertiary alicyclic amines) is 1. The lowest BCUT2D eigenvalue weighted by molar-refractivity contribution is 0.0954. The summed E-state index contributed by atoms with van der Waals surface area (Å²) in [6.45, 7) is 6.27. The maximum atomic E-state index is 12.1. The highest BCUT2D eigenvalue weighted by molar-refractivity contribution is 7.80. The molecule has 1 amide bonds. The van der Waals surface area contributed by atoms with Gasteiger partial charge in [-0.25, -0.2) is 0 Å². The molecule has 2 aromatic rings. The Morgan fingerprint density at radius 3 is 2.48 bits per heavy atom. The zero-order valence-electron chi connectivity index (χ0n) is 17.0. The lowest BCUT2D eigenvalue weighted by Crippen LogP contribution is -2.48. The summed E-state index contributed by atoms with van der Waals surface area (Å²) in [5.41, 5.74) is 3.13. The van der Waals surface area contributed by atoms with Crippen LogP contribution in [0.1, 0.15) is 34.3 Å². The molecule has 3 rings (SSSR count). The molecule has 0 unspecified atom stereocenters. The number of hydrogen-bond acceptors (Lipinski definition) is 3. The van der Waals surface area contributed by atoms with Crippen LogP contribution in [0.4, 0.5) is 0 Å². The molecule has 154 valence electrons. The number of hydrogen-bond donors (Lipinski definition) is 3. The minimum absolute atomic E-state index is 0.0554. The normalized spacial score (nSPS) is 14.9. The van der Waals surface area contributed by atoms with Crippen molar-refractivity contribution in [3.05, 3.63) is 71.3 Å². The Balaban J connectivity index is 1.29. The van der Waals surface area contributed by atoms with E-state index in [9.17, 15) is 4.79 Å². The zero-order chi connectivity index (χ0) is 20.5. The minimum Gasteiger partial charge on any atom is -0.361 e. The summed E-state index contributed by atoms with van der Waals surface area (Å²) in [6, 6.07) is 18.6. The Kier molecular flexibility index (Phi) is 8.02. The molecule has 1 fully saturated rings. The first-order valence-corrected chi connectivity index (χ1v) is 10.7. The van der Waals surface area contributed by atoms with Crippen LogP contribution in [-0.2, 0) is 6.54 Å². The average molecular weight is 411 g/mol. The van der Waals surface area contributed by atoms with Crippen molar-refractivity contribution in [2.75, 3.05) is 26.2 Å². The van der Waals surface area contributed by atoms with E-state index in [0.29, 0.717) is 29.8 Å². The molecule has 1 heterocycles. The van der Waals surface area contributed by atoms with E-state index < -0.39 is 0 Å². The third kappa shape index (κ3) is 7.15. The lowest BCUT2D eigenvalue weighted by atomic mass is 10.0. The van der Waals surface area contributed by atoms with Gasteiger partial charge >= 0.3 is 0 Å². The van der Waals surface area contributed by atoms with Crippen LogP contribution >= 0.6 is 12.2 Å². The fourth-order valence-corrected chi connectivity index (χ4v) is 3.82. The Labute approximate surface area is 178 Å². The second-order valence-electron chi connectivity index (χ2n) is 7.56. The maximum Gasteiger partial charge on any atom is 0.251 e. The van der Waals surface area contributed by atoms with Gasteiger partial charge in [0.05, 0.1) is 0 Å². The first-order valence-electron chi connectivity index (χ1n) is 10.3. The van der Waals surface area contributed by atoms with E-state index in [1.807, 2.05) is 31.2 Å². The van der Waals surface area contributed by atoms with Crippen LogP contribution in [0.5, 0.6) is 0 Å². The number of aryl methyl sites for hydroxylation is 1. The molecule has 1 saturated heterocycles. The van der Waals surface area contributed by atoms with Gasteiger partial charge in [-0.1, -0.05) is 48.0 Å². The van der Waals surface area contributed by atoms with Gasteiger partial charge in [0.25, 0.3) is 5.91 Å². The number of rotatable bonds is 7. The number of nitrogens with zero attached hydrogens (tertiary/aromatic N) is 1. The van der Waals surface area contributed by atoms with Gasteiger partial charge in [0.15, 0.2) is 5.11 Å². The van der Waals surface area contributed by atoms with Crippen LogP contribution in [0.15, 0.2) is 54.6 Å². The molecule has 1 aliphatic rings. The fourth-order valence-electron chi connectivity index (χ4n) is 3.55. The smallest absolute Gasteiger partial charge is 0.251 e. The molecule has 0 spiro atoms. The van der Waals surface area contributed by atoms with Gasteiger partial charge in [-0.05, 0) is 49.7 Å². The van der Waals surface area contributed by atoms with Crippen molar-refractivity contribution < 1.29 is 4.79 Å². The Morgan fingerprint density at radius 1 is 1.03 bits per heavy atom. The largest absolute Gasteiger partial charge is 0.361 e. The molecule has 0 atom stereocenters. The van der Waals surface area contributed by atoms with E-state index in [-0.39, 0.29) is 5.91 Å². The Hall–Kier alpha value is -2.44. The van der Waals surface area contributed by atoms with Crippen molar-refractivity contribution in [2.24, 2.45) is 0 Å². The molecule has 0 aromatic heterocycles. The SMILES string of the molecule is Cc1cccc(C(=O)NCCNC(=S)NC2CCN(Cc3ccccc3)CC2)c1. The van der Waals surface area contributed by atoms with Gasteiger partial charge in [0, 0.05) is 44.3 Å². The summed E-state index contributed by atoms with van der Waals surface area (Å²) < 4.78 is 0. The van der Waals surface area contributed by atoms with Gasteiger partial charge in [-0.15, -0.1) is 0 Å². The molecule has 3 N–H and O–H groups in total. The second-order valence-corrected chi connectivity index (χ2v) is 7.97. The minimum atomic E-state index is -0.0554. The number of thiocarbonyl (C=S) groups is 1. The highest BCUT2D eigenvalue weighted by Crippen LogP contribution is 2.13. The van der Waals surface area contributed by atoms with E-state index in [4.69, 9.17) is 12.2 Å². The lowest BCUT2D eigenvalue weighted by Gasteiger charge is -2.33. The average Bonchev–Trinajstić information content (AvgIpc) is 2.73. The third-order valence-electron chi connectivity index (χ3n) is 5.15. The topological polar surface area (TPSA) is 56.4 Å². The monoisotopic (exact) mass is 410 g/mol. The molecule has 5 nitrogen and oxygen atoms in total. The van der Waals surface area contributed by atoms with Gasteiger partial charge in [0.1, 0.15) is 0 Å². The fraction of sp³-hybridized carbons (Fsp3) is 0.391. The number of amides is 1. The predicted molar refractivity (Wildman–Crippen MR) is 122 cm³/mol. The van der Waals surface area contributed by atoms with Crippen molar-refractivity contribution in [1.29, 1.82) is 0 Å². The summed E-state index contributed by atoms with van der Waals surface area (Å²) in [5.74, 6) is -0.0554. The highest BCUT2D eigenvalue weighted by atomic mass is 32.1. The zero-order valence-corrected chi connectivity index (χ0v) is 17.8. The molecule has 1 aliphatic heterocycles. The number of carbonyl (C=O) groups is 1. The molecular formula is C23H30N4OS. The summed E-state index contributed by atoms with van der Waals surface area (Å²) in [6.07, 6.45) is 2.16. The van der Waals surface area contributed by atoms with Gasteiger partial charge in [0.2, 0.25) is 0 Å². The number of benzene rings is 2.